The molecule has 1 aromatic carbocycles. The van der Waals surface area contributed by atoms with Gasteiger partial charge in [0.25, 0.3) is 5.69 Å². The number of rotatable bonds is 6. The van der Waals surface area contributed by atoms with E-state index in [1.807, 2.05) is 4.72 Å². The molecule has 0 aliphatic carbocycles. The van der Waals surface area contributed by atoms with Crippen LogP contribution in [0, 0.1) is 10.1 Å². The lowest BCUT2D eigenvalue weighted by Crippen LogP contribution is -2.40. The van der Waals surface area contributed by atoms with Crippen LogP contribution in [0.4, 0.5) is 5.69 Å². The fraction of sp³-hybridized carbons (Fsp3) is 0.300. The Morgan fingerprint density at radius 2 is 2.16 bits per heavy atom. The van der Waals surface area contributed by atoms with Gasteiger partial charge in [-0.05, 0) is 12.5 Å². The van der Waals surface area contributed by atoms with E-state index in [4.69, 9.17) is 5.11 Å². The van der Waals surface area contributed by atoms with Crippen molar-refractivity contribution in [2.45, 2.75) is 24.3 Å². The largest absolute Gasteiger partial charge is 0.480 e. The summed E-state index contributed by atoms with van der Waals surface area (Å²) >= 11 is 0. The summed E-state index contributed by atoms with van der Waals surface area (Å²) in [5, 5.41) is 19.4. The lowest BCUT2D eigenvalue weighted by molar-refractivity contribution is -0.385. The van der Waals surface area contributed by atoms with Crippen molar-refractivity contribution in [3.8, 4) is 0 Å². The topological polar surface area (TPSA) is 127 Å². The fourth-order valence-electron chi connectivity index (χ4n) is 1.33. The van der Waals surface area contributed by atoms with E-state index in [2.05, 4.69) is 0 Å². The van der Waals surface area contributed by atoms with E-state index in [1.54, 1.807) is 0 Å². The smallest absolute Gasteiger partial charge is 0.321 e. The van der Waals surface area contributed by atoms with Crippen LogP contribution in [0.3, 0.4) is 0 Å². The molecular formula is C10H12N2O6S. The van der Waals surface area contributed by atoms with Crippen LogP contribution < -0.4 is 4.72 Å². The molecule has 1 atom stereocenters. The molecule has 0 fully saturated rings. The zero-order chi connectivity index (χ0) is 14.6. The Bertz CT molecular complexity index is 598. The average Bonchev–Trinajstić information content (AvgIpc) is 2.35. The third kappa shape index (κ3) is 3.73. The number of sulfonamides is 1. The van der Waals surface area contributed by atoms with Crippen LogP contribution >= 0.6 is 0 Å². The number of benzene rings is 1. The first kappa shape index (κ1) is 15.1. The van der Waals surface area contributed by atoms with Gasteiger partial charge in [0.2, 0.25) is 10.0 Å². The van der Waals surface area contributed by atoms with Crippen molar-refractivity contribution >= 4 is 21.7 Å². The normalized spacial score (nSPS) is 12.9. The van der Waals surface area contributed by atoms with Gasteiger partial charge < -0.3 is 5.11 Å². The fourth-order valence-corrected chi connectivity index (χ4v) is 2.64. The average molecular weight is 288 g/mol. The summed E-state index contributed by atoms with van der Waals surface area (Å²) in [6.45, 7) is 1.51. The zero-order valence-electron chi connectivity index (χ0n) is 9.94. The number of hydrogen-bond acceptors (Lipinski definition) is 5. The van der Waals surface area contributed by atoms with E-state index in [0.29, 0.717) is 0 Å². The maximum atomic E-state index is 11.9. The molecule has 0 saturated carbocycles. The van der Waals surface area contributed by atoms with Crippen LogP contribution in [0.5, 0.6) is 0 Å². The second kappa shape index (κ2) is 5.76. The minimum atomic E-state index is -4.11. The van der Waals surface area contributed by atoms with Crippen molar-refractivity contribution in [2.75, 3.05) is 0 Å². The number of aliphatic carboxylic acids is 1. The molecule has 0 heterocycles. The van der Waals surface area contributed by atoms with Crippen LogP contribution in [-0.2, 0) is 14.8 Å². The highest BCUT2D eigenvalue weighted by atomic mass is 32.2. The standard InChI is InChI=1S/C10H12N2O6S/c1-2-9(10(13)14)11-19(17,18)8-5-3-4-7(6-8)12(15)16/h3-6,9,11H,2H2,1H3,(H,13,14). The second-order valence-electron chi connectivity index (χ2n) is 3.67. The predicted octanol–water partition coefficient (Wildman–Crippen LogP) is 0.736. The highest BCUT2D eigenvalue weighted by Gasteiger charge is 2.24. The molecule has 9 heteroatoms. The van der Waals surface area contributed by atoms with Gasteiger partial charge in [0, 0.05) is 12.1 Å². The Hall–Kier alpha value is -2.00. The van der Waals surface area contributed by atoms with Crippen molar-refractivity contribution in [2.24, 2.45) is 0 Å². The third-order valence-electron chi connectivity index (χ3n) is 2.34. The summed E-state index contributed by atoms with van der Waals surface area (Å²) in [7, 11) is -4.11. The van der Waals surface area contributed by atoms with Crippen LogP contribution in [0.15, 0.2) is 29.2 Å². The van der Waals surface area contributed by atoms with Gasteiger partial charge in [0.1, 0.15) is 6.04 Å². The van der Waals surface area contributed by atoms with E-state index in [1.165, 1.54) is 13.0 Å². The Labute approximate surface area is 109 Å². The van der Waals surface area contributed by atoms with E-state index in [9.17, 15) is 23.3 Å². The summed E-state index contributed by atoms with van der Waals surface area (Å²) < 4.78 is 25.7. The lowest BCUT2D eigenvalue weighted by Gasteiger charge is -2.12. The predicted molar refractivity (Wildman–Crippen MR) is 65.1 cm³/mol. The number of nitro benzene ring substituents is 1. The van der Waals surface area contributed by atoms with Gasteiger partial charge in [-0.1, -0.05) is 13.0 Å². The molecule has 0 spiro atoms. The monoisotopic (exact) mass is 288 g/mol. The summed E-state index contributed by atoms with van der Waals surface area (Å²) in [6, 6.07) is 3.12. The molecule has 0 aliphatic heterocycles. The van der Waals surface area contributed by atoms with Crippen molar-refractivity contribution in [3.63, 3.8) is 0 Å². The number of nitrogens with zero attached hydrogens (tertiary/aromatic N) is 1. The number of non-ortho nitro benzene ring substituents is 1. The minimum Gasteiger partial charge on any atom is -0.480 e. The first-order chi connectivity index (χ1) is 8.77. The minimum absolute atomic E-state index is 0.0590. The molecule has 0 aliphatic rings. The number of nitro groups is 1. The molecule has 0 aromatic heterocycles. The van der Waals surface area contributed by atoms with Crippen molar-refractivity contribution < 1.29 is 23.2 Å². The van der Waals surface area contributed by atoms with Gasteiger partial charge in [-0.15, -0.1) is 0 Å². The second-order valence-corrected chi connectivity index (χ2v) is 5.39. The Balaban J connectivity index is 3.10. The Morgan fingerprint density at radius 1 is 1.53 bits per heavy atom. The zero-order valence-corrected chi connectivity index (χ0v) is 10.8. The highest BCUT2D eigenvalue weighted by Crippen LogP contribution is 2.17. The first-order valence-corrected chi connectivity index (χ1v) is 6.76. The number of nitrogens with one attached hydrogen (secondary N) is 1. The van der Waals surface area contributed by atoms with Gasteiger partial charge in [-0.3, -0.25) is 14.9 Å². The number of hydrogen-bond donors (Lipinski definition) is 2. The SMILES string of the molecule is CCC(NS(=O)(=O)c1cccc([N+](=O)[O-])c1)C(=O)O. The molecule has 2 N–H and O–H groups in total. The molecule has 0 radical (unpaired) electrons. The molecule has 1 aromatic rings. The van der Waals surface area contributed by atoms with E-state index < -0.39 is 27.0 Å². The number of carbonyl (C=O) groups is 1. The summed E-state index contributed by atoms with van der Waals surface area (Å²) in [5.74, 6) is -1.31. The maximum Gasteiger partial charge on any atom is 0.321 e. The van der Waals surface area contributed by atoms with Crippen LogP contribution in [0.2, 0.25) is 0 Å². The molecule has 0 saturated heterocycles. The summed E-state index contributed by atoms with van der Waals surface area (Å²) in [4.78, 5) is 20.3. The van der Waals surface area contributed by atoms with Gasteiger partial charge in [0.15, 0.2) is 0 Å². The van der Waals surface area contributed by atoms with Crippen LogP contribution in [0.1, 0.15) is 13.3 Å². The molecule has 1 rings (SSSR count). The summed E-state index contributed by atoms with van der Waals surface area (Å²) in [6.07, 6.45) is 0.0590. The Kier molecular flexibility index (Phi) is 4.57. The number of carboxylic acids is 1. The van der Waals surface area contributed by atoms with Gasteiger partial charge in [-0.25, -0.2) is 8.42 Å². The summed E-state index contributed by atoms with van der Waals surface area (Å²) in [5.41, 5.74) is -0.383. The van der Waals surface area contributed by atoms with Crippen molar-refractivity contribution in [1.29, 1.82) is 0 Å². The van der Waals surface area contributed by atoms with Gasteiger partial charge in [-0.2, -0.15) is 4.72 Å². The van der Waals surface area contributed by atoms with E-state index >= 15 is 0 Å². The van der Waals surface area contributed by atoms with Crippen LogP contribution in [-0.4, -0.2) is 30.5 Å². The van der Waals surface area contributed by atoms with E-state index in [-0.39, 0.29) is 17.0 Å². The Morgan fingerprint density at radius 3 is 2.63 bits per heavy atom. The van der Waals surface area contributed by atoms with Crippen molar-refractivity contribution in [1.82, 2.24) is 4.72 Å². The van der Waals surface area contributed by atoms with Gasteiger partial charge in [0.05, 0.1) is 9.82 Å². The number of carboxylic acid groups (broad SMARTS) is 1. The molecule has 104 valence electrons. The molecule has 0 amide bonds. The molecule has 0 bridgehead atoms. The van der Waals surface area contributed by atoms with Crippen molar-refractivity contribution in [3.05, 3.63) is 34.4 Å². The third-order valence-corrected chi connectivity index (χ3v) is 3.81. The molecule has 8 nitrogen and oxygen atoms in total. The first-order valence-electron chi connectivity index (χ1n) is 5.27. The highest BCUT2D eigenvalue weighted by molar-refractivity contribution is 7.89. The maximum absolute atomic E-state index is 11.9. The van der Waals surface area contributed by atoms with Crippen LogP contribution in [0.25, 0.3) is 0 Å². The molecule has 19 heavy (non-hydrogen) atoms. The molecular weight excluding hydrogens is 276 g/mol. The van der Waals surface area contributed by atoms with E-state index in [0.717, 1.165) is 18.2 Å². The lowest BCUT2D eigenvalue weighted by atomic mass is 10.2. The van der Waals surface area contributed by atoms with Gasteiger partial charge >= 0.3 is 5.97 Å². The molecule has 1 unspecified atom stereocenters. The quantitative estimate of drug-likeness (QED) is 0.587.